The molecule has 0 aliphatic carbocycles. The Morgan fingerprint density at radius 2 is 1.89 bits per heavy atom. The van der Waals surface area contributed by atoms with Crippen molar-refractivity contribution < 1.29 is 21.9 Å². The molecule has 3 aliphatic rings. The Morgan fingerprint density at radius 3 is 2.46 bits per heavy atom. The maximum Gasteiger partial charge on any atom is 0.303 e. The molecule has 28 heavy (non-hydrogen) atoms. The second-order valence-corrected chi connectivity index (χ2v) is 10.4. The van der Waals surface area contributed by atoms with Crippen molar-refractivity contribution in [3.05, 3.63) is 17.7 Å². The zero-order valence-electron chi connectivity index (χ0n) is 16.2. The van der Waals surface area contributed by atoms with Crippen LogP contribution in [0.2, 0.25) is 0 Å². The van der Waals surface area contributed by atoms with Gasteiger partial charge in [-0.25, -0.2) is 18.4 Å². The van der Waals surface area contributed by atoms with Crippen molar-refractivity contribution in [1.29, 1.82) is 0 Å². The number of likely N-dealkylation sites (tertiary alicyclic amines) is 1. The Bertz CT molecular complexity index is 839. The number of aryl methyl sites for hydroxylation is 1. The first-order chi connectivity index (χ1) is 13.1. The van der Waals surface area contributed by atoms with Crippen molar-refractivity contribution in [3.8, 4) is 0 Å². The maximum absolute atomic E-state index is 13.4. The third-order valence-electron chi connectivity index (χ3n) is 5.94. The molecule has 0 radical (unpaired) electrons. The third-order valence-corrected chi connectivity index (χ3v) is 7.84. The van der Waals surface area contributed by atoms with Gasteiger partial charge in [0, 0.05) is 58.3 Å². The highest BCUT2D eigenvalue weighted by Gasteiger charge is 2.55. The van der Waals surface area contributed by atoms with E-state index in [0.29, 0.717) is 25.9 Å². The summed E-state index contributed by atoms with van der Waals surface area (Å²) in [6, 6.07) is 0. The van der Waals surface area contributed by atoms with Crippen molar-refractivity contribution in [2.75, 3.05) is 45.9 Å². The van der Waals surface area contributed by atoms with E-state index in [2.05, 4.69) is 14.9 Å². The quantitative estimate of drug-likeness (QED) is 0.726. The lowest BCUT2D eigenvalue weighted by Gasteiger charge is -2.60. The van der Waals surface area contributed by atoms with Gasteiger partial charge < -0.3 is 9.64 Å². The number of hydrogen-bond acceptors (Lipinski definition) is 6. The van der Waals surface area contributed by atoms with Gasteiger partial charge in [-0.05, 0) is 25.7 Å². The highest BCUT2D eigenvalue weighted by atomic mass is 32.2. The highest BCUT2D eigenvalue weighted by Crippen LogP contribution is 2.43. The lowest BCUT2D eigenvalue weighted by atomic mass is 9.74. The minimum Gasteiger partial charge on any atom is -0.381 e. The van der Waals surface area contributed by atoms with E-state index in [4.69, 9.17) is 4.74 Å². The molecule has 0 atom stereocenters. The van der Waals surface area contributed by atoms with E-state index in [0.717, 1.165) is 51.9 Å². The third kappa shape index (κ3) is 3.67. The van der Waals surface area contributed by atoms with E-state index in [1.54, 1.807) is 0 Å². The molecule has 0 aromatic carbocycles. The molecule has 0 unspecified atom stereocenters. The number of sulfonamides is 1. The summed E-state index contributed by atoms with van der Waals surface area (Å²) in [4.78, 5) is 9.60. The van der Waals surface area contributed by atoms with E-state index in [1.165, 1.54) is 11.2 Å². The van der Waals surface area contributed by atoms with Gasteiger partial charge in [-0.1, -0.05) is 0 Å². The lowest BCUT2D eigenvalue weighted by Crippen LogP contribution is -2.73. The molecule has 3 aliphatic heterocycles. The molecule has 1 aromatic heterocycles. The van der Waals surface area contributed by atoms with Crippen LogP contribution in [0.15, 0.2) is 11.1 Å². The second kappa shape index (κ2) is 6.93. The molecule has 1 aromatic rings. The van der Waals surface area contributed by atoms with Crippen molar-refractivity contribution in [1.82, 2.24) is 19.2 Å². The Kier molecular flexibility index (Phi) is 4.96. The molecule has 0 bridgehead atoms. The summed E-state index contributed by atoms with van der Waals surface area (Å²) >= 11 is 0. The zero-order valence-corrected chi connectivity index (χ0v) is 17.0. The SMILES string of the molecule is Cc1nc(C(C)(F)F)ncc1S(=O)(=O)N1CC2(CN(CC3CCOCC3)C2)C1. The molecular formula is C18H26F2N4O3S. The minimum atomic E-state index is -3.76. The maximum atomic E-state index is 13.4. The van der Waals surface area contributed by atoms with E-state index in [9.17, 15) is 17.2 Å². The smallest absolute Gasteiger partial charge is 0.303 e. The number of aromatic nitrogens is 2. The molecule has 3 saturated heterocycles. The first kappa shape index (κ1) is 20.1. The van der Waals surface area contributed by atoms with Crippen LogP contribution in [0, 0.1) is 18.3 Å². The van der Waals surface area contributed by atoms with Crippen LogP contribution < -0.4 is 0 Å². The van der Waals surface area contributed by atoms with Gasteiger partial charge in [0.05, 0.1) is 11.9 Å². The van der Waals surface area contributed by atoms with Crippen molar-refractivity contribution in [3.63, 3.8) is 0 Å². The zero-order chi connectivity index (χ0) is 20.2. The van der Waals surface area contributed by atoms with Crippen LogP contribution in [0.3, 0.4) is 0 Å². The topological polar surface area (TPSA) is 75.6 Å². The van der Waals surface area contributed by atoms with Gasteiger partial charge in [0.1, 0.15) is 4.90 Å². The van der Waals surface area contributed by atoms with Crippen LogP contribution in [0.5, 0.6) is 0 Å². The van der Waals surface area contributed by atoms with Gasteiger partial charge in [0.2, 0.25) is 10.0 Å². The average Bonchev–Trinajstić information content (AvgIpc) is 2.55. The second-order valence-electron chi connectivity index (χ2n) is 8.53. The Labute approximate surface area is 164 Å². The summed E-state index contributed by atoms with van der Waals surface area (Å²) in [5.41, 5.74) is 0.0888. The summed E-state index contributed by atoms with van der Waals surface area (Å²) in [6.45, 7) is 7.59. The standard InChI is InChI=1S/C18H26F2N4O3S/c1-13-15(7-21-16(22-13)17(2,19)20)28(25,26)24-11-18(12-24)9-23(10-18)8-14-3-5-27-6-4-14/h7,14H,3-6,8-12H2,1-2H3. The molecule has 156 valence electrons. The molecule has 10 heteroatoms. The number of rotatable bonds is 5. The van der Waals surface area contributed by atoms with Crippen LogP contribution in [-0.4, -0.2) is 73.5 Å². The fourth-order valence-electron chi connectivity index (χ4n) is 4.46. The average molecular weight is 416 g/mol. The van der Waals surface area contributed by atoms with Crippen LogP contribution in [0.25, 0.3) is 0 Å². The molecule has 7 nitrogen and oxygen atoms in total. The first-order valence-electron chi connectivity index (χ1n) is 9.61. The Hall–Kier alpha value is -1.23. The van der Waals surface area contributed by atoms with Crippen LogP contribution in [0.1, 0.15) is 31.3 Å². The van der Waals surface area contributed by atoms with Gasteiger partial charge in [-0.3, -0.25) is 0 Å². The van der Waals surface area contributed by atoms with E-state index < -0.39 is 21.8 Å². The number of hydrogen-bond donors (Lipinski definition) is 0. The highest BCUT2D eigenvalue weighted by molar-refractivity contribution is 7.89. The largest absolute Gasteiger partial charge is 0.381 e. The first-order valence-corrected chi connectivity index (χ1v) is 11.1. The van der Waals surface area contributed by atoms with Gasteiger partial charge in [0.15, 0.2) is 5.82 Å². The molecule has 0 amide bonds. The predicted molar refractivity (Wildman–Crippen MR) is 97.5 cm³/mol. The molecule has 0 saturated carbocycles. The van der Waals surface area contributed by atoms with Crippen LogP contribution in [-0.2, 0) is 20.7 Å². The fourth-order valence-corrected chi connectivity index (χ4v) is 6.23. The van der Waals surface area contributed by atoms with Gasteiger partial charge in [-0.2, -0.15) is 13.1 Å². The van der Waals surface area contributed by atoms with E-state index in [-0.39, 0.29) is 16.0 Å². The Balaban J connectivity index is 1.35. The fraction of sp³-hybridized carbons (Fsp3) is 0.778. The van der Waals surface area contributed by atoms with E-state index >= 15 is 0 Å². The summed E-state index contributed by atoms with van der Waals surface area (Å²) < 4.78 is 59.2. The van der Waals surface area contributed by atoms with Gasteiger partial charge in [-0.15, -0.1) is 0 Å². The summed E-state index contributed by atoms with van der Waals surface area (Å²) in [5, 5.41) is 0. The normalized spacial score (nSPS) is 24.1. The van der Waals surface area contributed by atoms with Crippen molar-refractivity contribution in [2.24, 2.45) is 11.3 Å². The summed E-state index contributed by atoms with van der Waals surface area (Å²) in [7, 11) is -3.76. The predicted octanol–water partition coefficient (Wildman–Crippen LogP) is 1.63. The van der Waals surface area contributed by atoms with Crippen LogP contribution in [0.4, 0.5) is 8.78 Å². The number of nitrogens with zero attached hydrogens (tertiary/aromatic N) is 4. The van der Waals surface area contributed by atoms with Gasteiger partial charge >= 0.3 is 5.92 Å². The Morgan fingerprint density at radius 1 is 1.25 bits per heavy atom. The monoisotopic (exact) mass is 416 g/mol. The molecule has 4 rings (SSSR count). The summed E-state index contributed by atoms with van der Waals surface area (Å²) in [6.07, 6.45) is 3.19. The van der Waals surface area contributed by atoms with Gasteiger partial charge in [0.25, 0.3) is 0 Å². The van der Waals surface area contributed by atoms with E-state index in [1.807, 2.05) is 0 Å². The molecule has 0 N–H and O–H groups in total. The molecule has 4 heterocycles. The number of halogens is 2. The van der Waals surface area contributed by atoms with Crippen molar-refractivity contribution in [2.45, 2.75) is 37.5 Å². The molecule has 1 spiro atoms. The molecule has 3 fully saturated rings. The number of ether oxygens (including phenoxy) is 1. The minimum absolute atomic E-state index is 0.0311. The lowest BCUT2D eigenvalue weighted by molar-refractivity contribution is -0.0912. The van der Waals surface area contributed by atoms with Crippen molar-refractivity contribution >= 4 is 10.0 Å². The number of alkyl halides is 2. The summed E-state index contributed by atoms with van der Waals surface area (Å²) in [5.74, 6) is -3.19. The van der Waals surface area contributed by atoms with Crippen LogP contribution >= 0.6 is 0 Å². The molecular weight excluding hydrogens is 390 g/mol.